The van der Waals surface area contributed by atoms with Crippen LogP contribution in [0.25, 0.3) is 0 Å². The van der Waals surface area contributed by atoms with Crippen LogP contribution in [0.15, 0.2) is 79.1 Å². The van der Waals surface area contributed by atoms with Gasteiger partial charge in [-0.05, 0) is 41.5 Å². The van der Waals surface area contributed by atoms with Gasteiger partial charge in [-0.25, -0.2) is 18.6 Å². The lowest BCUT2D eigenvalue weighted by Crippen LogP contribution is -2.16. The summed E-state index contributed by atoms with van der Waals surface area (Å²) in [5.41, 5.74) is 2.49. The molecule has 2 N–H and O–H groups in total. The third-order valence-corrected chi connectivity index (χ3v) is 6.93. The maximum absolute atomic E-state index is 13.4. The number of alkyl halides is 2. The van der Waals surface area contributed by atoms with Crippen LogP contribution in [0.1, 0.15) is 45.1 Å². The molecule has 1 heterocycles. The van der Waals surface area contributed by atoms with Crippen molar-refractivity contribution in [2.45, 2.75) is 25.5 Å². The standard InChI is InChI=1S/C30H26Cl2F2N2O4/c1-38-26-11-10-19(13-28(26)39-2)27(14-22-23(31)16-35-17-24(22)32)40-30(37)20-7-5-6-18(12-20)15-36-25-9-4-3-8-21(25)29(33)34/h3-13,16-17,27,29,36H,14-15H2,1-2H3/p+1/t27-/m0/s1. The van der Waals surface area contributed by atoms with E-state index in [1.54, 1.807) is 73.1 Å². The number of methoxy groups -OCH3 is 2. The highest BCUT2D eigenvalue weighted by Crippen LogP contribution is 2.35. The summed E-state index contributed by atoms with van der Waals surface area (Å²) < 4.78 is 43.5. The summed E-state index contributed by atoms with van der Waals surface area (Å²) in [6.45, 7) is 0.232. The molecule has 1 aromatic heterocycles. The van der Waals surface area contributed by atoms with Crippen LogP contribution in [0.5, 0.6) is 11.5 Å². The largest absolute Gasteiger partial charge is 0.493 e. The minimum absolute atomic E-state index is 0.0911. The van der Waals surface area contributed by atoms with Crippen molar-refractivity contribution in [1.82, 2.24) is 0 Å². The van der Waals surface area contributed by atoms with Crippen molar-refractivity contribution in [3.8, 4) is 11.5 Å². The van der Waals surface area contributed by atoms with Crippen LogP contribution in [0, 0.1) is 0 Å². The molecule has 0 aliphatic carbocycles. The Balaban J connectivity index is 1.58. The predicted octanol–water partition coefficient (Wildman–Crippen LogP) is 7.52. The third-order valence-electron chi connectivity index (χ3n) is 6.26. The van der Waals surface area contributed by atoms with Gasteiger partial charge in [0.05, 0.1) is 19.8 Å². The summed E-state index contributed by atoms with van der Waals surface area (Å²) in [5.74, 6) is 0.413. The minimum atomic E-state index is -2.61. The van der Waals surface area contributed by atoms with Crippen molar-refractivity contribution in [1.29, 1.82) is 0 Å². The lowest BCUT2D eigenvalue weighted by atomic mass is 10.0. The fourth-order valence-electron chi connectivity index (χ4n) is 4.19. The molecule has 0 unspecified atom stereocenters. The van der Waals surface area contributed by atoms with Gasteiger partial charge in [0, 0.05) is 29.8 Å². The molecule has 1 atom stereocenters. The van der Waals surface area contributed by atoms with Gasteiger partial charge >= 0.3 is 5.97 Å². The number of nitrogens with one attached hydrogen (secondary N) is 2. The van der Waals surface area contributed by atoms with E-state index in [-0.39, 0.29) is 18.5 Å². The van der Waals surface area contributed by atoms with Crippen LogP contribution < -0.4 is 19.8 Å². The van der Waals surface area contributed by atoms with Crippen molar-refractivity contribution in [2.75, 3.05) is 19.5 Å². The van der Waals surface area contributed by atoms with Crippen LogP contribution in [0.2, 0.25) is 10.0 Å². The van der Waals surface area contributed by atoms with E-state index in [1.807, 2.05) is 0 Å². The third kappa shape index (κ3) is 7.00. The van der Waals surface area contributed by atoms with Gasteiger partial charge in [-0.2, -0.15) is 0 Å². The van der Waals surface area contributed by atoms with E-state index in [4.69, 9.17) is 37.4 Å². The first-order valence-electron chi connectivity index (χ1n) is 12.3. The average Bonchev–Trinajstić information content (AvgIpc) is 2.97. The molecule has 0 radical (unpaired) electrons. The van der Waals surface area contributed by atoms with Gasteiger partial charge in [-0.3, -0.25) is 0 Å². The van der Waals surface area contributed by atoms with Crippen LogP contribution in [-0.2, 0) is 17.7 Å². The molecule has 0 saturated carbocycles. The maximum Gasteiger partial charge on any atom is 0.338 e. The number of pyridine rings is 1. The van der Waals surface area contributed by atoms with Crippen LogP contribution in [-0.4, -0.2) is 20.2 Å². The highest BCUT2D eigenvalue weighted by atomic mass is 35.5. The Morgan fingerprint density at radius 1 is 0.925 bits per heavy atom. The van der Waals surface area contributed by atoms with Gasteiger partial charge in [0.1, 0.15) is 16.1 Å². The number of halogens is 4. The molecule has 4 aromatic rings. The Labute approximate surface area is 240 Å². The summed E-state index contributed by atoms with van der Waals surface area (Å²) in [6, 6.07) is 18.2. The molecule has 0 aliphatic heterocycles. The first kappa shape index (κ1) is 29.1. The van der Waals surface area contributed by atoms with Crippen LogP contribution in [0.3, 0.4) is 0 Å². The molecule has 0 aliphatic rings. The molecule has 4 rings (SSSR count). The van der Waals surface area contributed by atoms with Crippen molar-refractivity contribution >= 4 is 34.9 Å². The van der Waals surface area contributed by atoms with Gasteiger partial charge in [-0.1, -0.05) is 59.6 Å². The molecule has 3 aromatic carbocycles. The van der Waals surface area contributed by atoms with E-state index in [1.165, 1.54) is 20.3 Å². The number of rotatable bonds is 11. The van der Waals surface area contributed by atoms with Gasteiger partial charge in [0.2, 0.25) is 0 Å². The maximum atomic E-state index is 13.4. The number of aromatic amines is 1. The molecular formula is C30H27Cl2F2N2O4+. The molecule has 0 saturated heterocycles. The Kier molecular flexibility index (Phi) is 9.79. The number of benzene rings is 3. The first-order valence-corrected chi connectivity index (χ1v) is 13.0. The van der Waals surface area contributed by atoms with Crippen LogP contribution in [0.4, 0.5) is 14.5 Å². The summed E-state index contributed by atoms with van der Waals surface area (Å²) in [7, 11) is 3.05. The fourth-order valence-corrected chi connectivity index (χ4v) is 4.72. The zero-order valence-corrected chi connectivity index (χ0v) is 23.2. The first-order chi connectivity index (χ1) is 19.3. The Morgan fingerprint density at radius 2 is 1.65 bits per heavy atom. The summed E-state index contributed by atoms with van der Waals surface area (Å²) >= 11 is 12.8. The van der Waals surface area contributed by atoms with E-state index in [9.17, 15) is 13.6 Å². The Morgan fingerprint density at radius 3 is 2.35 bits per heavy atom. The normalized spacial score (nSPS) is 11.7. The lowest BCUT2D eigenvalue weighted by molar-refractivity contribution is -0.377. The number of hydrogen-bond acceptors (Lipinski definition) is 5. The summed E-state index contributed by atoms with van der Waals surface area (Å²) in [4.78, 5) is 16.2. The molecule has 0 bridgehead atoms. The van der Waals surface area contributed by atoms with Gasteiger partial charge in [0.25, 0.3) is 6.43 Å². The van der Waals surface area contributed by atoms with E-state index in [2.05, 4.69) is 10.3 Å². The number of hydrogen-bond donors (Lipinski definition) is 1. The van der Waals surface area contributed by atoms with Crippen LogP contribution >= 0.6 is 23.2 Å². The second-order valence-corrected chi connectivity index (χ2v) is 9.60. The van der Waals surface area contributed by atoms with Crippen molar-refractivity contribution < 1.29 is 32.8 Å². The second-order valence-electron chi connectivity index (χ2n) is 8.78. The zero-order valence-electron chi connectivity index (χ0n) is 21.7. The highest BCUT2D eigenvalue weighted by molar-refractivity contribution is 6.35. The smallest absolute Gasteiger partial charge is 0.338 e. The number of para-hydroxylation sites is 1. The lowest BCUT2D eigenvalue weighted by Gasteiger charge is -2.21. The minimum Gasteiger partial charge on any atom is -0.493 e. The molecule has 0 spiro atoms. The molecule has 208 valence electrons. The molecule has 6 nitrogen and oxygen atoms in total. The van der Waals surface area contributed by atoms with Gasteiger partial charge < -0.3 is 19.5 Å². The second kappa shape index (κ2) is 13.5. The number of aromatic nitrogens is 1. The Bertz CT molecular complexity index is 1470. The molecule has 40 heavy (non-hydrogen) atoms. The topological polar surface area (TPSA) is 70.9 Å². The van der Waals surface area contributed by atoms with Gasteiger partial charge in [-0.15, -0.1) is 0 Å². The molecule has 10 heteroatoms. The number of ether oxygens (including phenoxy) is 3. The van der Waals surface area contributed by atoms with Crippen molar-refractivity contribution in [2.24, 2.45) is 0 Å². The van der Waals surface area contributed by atoms with Crippen molar-refractivity contribution in [3.63, 3.8) is 0 Å². The zero-order chi connectivity index (χ0) is 28.6. The number of anilines is 1. The van der Waals surface area contributed by atoms with E-state index < -0.39 is 18.5 Å². The highest BCUT2D eigenvalue weighted by Gasteiger charge is 2.24. The van der Waals surface area contributed by atoms with Crippen molar-refractivity contribution in [3.05, 3.63) is 117 Å². The van der Waals surface area contributed by atoms with Gasteiger partial charge in [0.15, 0.2) is 23.9 Å². The molecule has 0 amide bonds. The van der Waals surface area contributed by atoms with E-state index in [0.717, 1.165) is 0 Å². The average molecular weight is 588 g/mol. The molecule has 0 fully saturated rings. The number of carbonyl (C=O) groups is 1. The quantitative estimate of drug-likeness (QED) is 0.184. The summed E-state index contributed by atoms with van der Waals surface area (Å²) in [5, 5.41) is 3.81. The number of carbonyl (C=O) groups excluding carboxylic acids is 1. The number of esters is 1. The van der Waals surface area contributed by atoms with E-state index >= 15 is 0 Å². The molecular weight excluding hydrogens is 561 g/mol. The monoisotopic (exact) mass is 587 g/mol. The fraction of sp³-hybridized carbons (Fsp3) is 0.200. The SMILES string of the molecule is COc1ccc([C@H](Cc2c(Cl)c[nH+]cc2Cl)OC(=O)c2cccc(CNc3ccccc3C(F)F)c2)cc1OC. The Hall–Kier alpha value is -3.88. The van der Waals surface area contributed by atoms with E-state index in [0.29, 0.717) is 49.5 Å². The summed E-state index contributed by atoms with van der Waals surface area (Å²) in [6.07, 6.45) is 0.00397. The number of H-pyrrole nitrogens is 1. The predicted molar refractivity (Wildman–Crippen MR) is 150 cm³/mol.